The van der Waals surface area contributed by atoms with E-state index < -0.39 is 24.0 Å². The molecule has 1 N–H and O–H groups in total. The summed E-state index contributed by atoms with van der Waals surface area (Å²) in [4.78, 5) is 12.6. The molecule has 144 valence electrons. The molecule has 5 heteroatoms. The number of ether oxygens (including phenoxy) is 3. The maximum atomic E-state index is 12.6. The second kappa shape index (κ2) is 9.13. The van der Waals surface area contributed by atoms with Crippen LogP contribution in [0.4, 0.5) is 0 Å². The highest BCUT2D eigenvalue weighted by Gasteiger charge is 2.51. The van der Waals surface area contributed by atoms with Crippen molar-refractivity contribution in [3.05, 3.63) is 71.8 Å². The standard InChI is InChI=1S/C22H26O5/c1-2-3-14-22(18-12-8-5-9-13-18)26-19(15-23)20(27-22)21(24)25-16-17-10-6-4-7-11-17/h4-13,19-20,23H,2-3,14-16H2,1H3. The molecule has 1 fully saturated rings. The number of unbranched alkanes of at least 4 members (excludes halogenated alkanes) is 1. The number of carbonyl (C=O) groups is 1. The minimum atomic E-state index is -1.04. The van der Waals surface area contributed by atoms with Crippen molar-refractivity contribution in [2.45, 2.75) is 50.8 Å². The van der Waals surface area contributed by atoms with Gasteiger partial charge >= 0.3 is 5.97 Å². The fourth-order valence-corrected chi connectivity index (χ4v) is 3.26. The second-order valence-electron chi connectivity index (χ2n) is 6.69. The maximum Gasteiger partial charge on any atom is 0.338 e. The quantitative estimate of drug-likeness (QED) is 0.720. The fraction of sp³-hybridized carbons (Fsp3) is 0.409. The van der Waals surface area contributed by atoms with Crippen LogP contribution in [0.3, 0.4) is 0 Å². The minimum absolute atomic E-state index is 0.158. The molecule has 3 atom stereocenters. The lowest BCUT2D eigenvalue weighted by Crippen LogP contribution is -2.35. The van der Waals surface area contributed by atoms with Gasteiger partial charge in [0.1, 0.15) is 12.7 Å². The first kappa shape index (κ1) is 19.5. The molecule has 0 spiro atoms. The first-order valence-electron chi connectivity index (χ1n) is 9.41. The summed E-state index contributed by atoms with van der Waals surface area (Å²) < 4.78 is 17.7. The number of hydrogen-bond acceptors (Lipinski definition) is 5. The van der Waals surface area contributed by atoms with Crippen LogP contribution in [0.5, 0.6) is 0 Å². The number of hydrogen-bond donors (Lipinski definition) is 1. The Balaban J connectivity index is 1.76. The molecule has 3 rings (SSSR count). The molecule has 0 amide bonds. The number of rotatable bonds is 8. The molecule has 0 saturated carbocycles. The Hall–Kier alpha value is -2.21. The molecular formula is C22H26O5. The summed E-state index contributed by atoms with van der Waals surface area (Å²) in [7, 11) is 0. The molecule has 27 heavy (non-hydrogen) atoms. The van der Waals surface area contributed by atoms with Crippen molar-refractivity contribution in [1.82, 2.24) is 0 Å². The Morgan fingerprint density at radius 1 is 1.07 bits per heavy atom. The zero-order valence-electron chi connectivity index (χ0n) is 15.5. The van der Waals surface area contributed by atoms with Crippen LogP contribution in [0.15, 0.2) is 60.7 Å². The van der Waals surface area contributed by atoms with E-state index in [9.17, 15) is 9.90 Å². The molecule has 1 aliphatic heterocycles. The van der Waals surface area contributed by atoms with Crippen LogP contribution in [-0.4, -0.2) is 29.9 Å². The Labute approximate surface area is 159 Å². The molecule has 0 bridgehead atoms. The van der Waals surface area contributed by atoms with Gasteiger partial charge in [0.15, 0.2) is 11.9 Å². The van der Waals surface area contributed by atoms with Gasteiger partial charge in [-0.2, -0.15) is 0 Å². The van der Waals surface area contributed by atoms with Crippen LogP contribution in [0.1, 0.15) is 37.3 Å². The molecule has 1 aliphatic rings. The molecule has 0 aliphatic carbocycles. The average molecular weight is 370 g/mol. The molecular weight excluding hydrogens is 344 g/mol. The number of esters is 1. The van der Waals surface area contributed by atoms with Gasteiger partial charge in [0.2, 0.25) is 0 Å². The van der Waals surface area contributed by atoms with Crippen LogP contribution < -0.4 is 0 Å². The highest BCUT2D eigenvalue weighted by atomic mass is 16.8. The first-order chi connectivity index (χ1) is 13.2. The van der Waals surface area contributed by atoms with Crippen LogP contribution in [0, 0.1) is 0 Å². The lowest BCUT2D eigenvalue weighted by Gasteiger charge is -2.28. The maximum absolute atomic E-state index is 12.6. The van der Waals surface area contributed by atoms with Gasteiger partial charge < -0.3 is 19.3 Å². The number of benzene rings is 2. The SMILES string of the molecule is CCCCC1(c2ccccc2)OC(CO)C(C(=O)OCc2ccccc2)O1. The van der Waals surface area contributed by atoms with Crippen LogP contribution >= 0.6 is 0 Å². The van der Waals surface area contributed by atoms with E-state index in [0.29, 0.717) is 6.42 Å². The summed E-state index contributed by atoms with van der Waals surface area (Å²) in [5.74, 6) is -1.56. The predicted molar refractivity (Wildman–Crippen MR) is 101 cm³/mol. The summed E-state index contributed by atoms with van der Waals surface area (Å²) in [5.41, 5.74) is 1.74. The van der Waals surface area contributed by atoms with Gasteiger partial charge in [-0.05, 0) is 12.0 Å². The zero-order chi connectivity index (χ0) is 19.1. The third-order valence-electron chi connectivity index (χ3n) is 4.71. The number of aliphatic hydroxyl groups excluding tert-OH is 1. The highest BCUT2D eigenvalue weighted by molar-refractivity contribution is 5.76. The van der Waals surface area contributed by atoms with Crippen LogP contribution in [-0.2, 0) is 31.4 Å². The van der Waals surface area contributed by atoms with E-state index in [4.69, 9.17) is 14.2 Å². The van der Waals surface area contributed by atoms with Crippen molar-refractivity contribution in [3.8, 4) is 0 Å². The van der Waals surface area contributed by atoms with Gasteiger partial charge in [-0.3, -0.25) is 0 Å². The van der Waals surface area contributed by atoms with Crippen molar-refractivity contribution in [2.24, 2.45) is 0 Å². The third kappa shape index (κ3) is 4.56. The Morgan fingerprint density at radius 3 is 2.37 bits per heavy atom. The van der Waals surface area contributed by atoms with Gasteiger partial charge in [0, 0.05) is 12.0 Å². The van der Waals surface area contributed by atoms with Crippen molar-refractivity contribution in [2.75, 3.05) is 6.61 Å². The monoisotopic (exact) mass is 370 g/mol. The predicted octanol–water partition coefficient (Wildman–Crippen LogP) is 3.55. The van der Waals surface area contributed by atoms with Crippen LogP contribution in [0.2, 0.25) is 0 Å². The Morgan fingerprint density at radius 2 is 1.74 bits per heavy atom. The summed E-state index contributed by atoms with van der Waals surface area (Å²) in [6.07, 6.45) is 0.723. The van der Waals surface area contributed by atoms with E-state index >= 15 is 0 Å². The molecule has 2 aromatic rings. The molecule has 1 saturated heterocycles. The highest BCUT2D eigenvalue weighted by Crippen LogP contribution is 2.42. The van der Waals surface area contributed by atoms with Gasteiger partial charge in [-0.1, -0.05) is 74.0 Å². The van der Waals surface area contributed by atoms with Gasteiger partial charge in [-0.15, -0.1) is 0 Å². The summed E-state index contributed by atoms with van der Waals surface area (Å²) >= 11 is 0. The Kier molecular flexibility index (Phi) is 6.61. The third-order valence-corrected chi connectivity index (χ3v) is 4.71. The summed E-state index contributed by atoms with van der Waals surface area (Å²) in [5, 5.41) is 9.76. The average Bonchev–Trinajstić information content (AvgIpc) is 3.12. The van der Waals surface area contributed by atoms with Crippen LogP contribution in [0.25, 0.3) is 0 Å². The van der Waals surface area contributed by atoms with Crippen molar-refractivity contribution in [3.63, 3.8) is 0 Å². The molecule has 2 aromatic carbocycles. The fourth-order valence-electron chi connectivity index (χ4n) is 3.26. The zero-order valence-corrected chi connectivity index (χ0v) is 15.5. The molecule has 0 radical (unpaired) electrons. The van der Waals surface area contributed by atoms with Gasteiger partial charge in [0.25, 0.3) is 0 Å². The van der Waals surface area contributed by atoms with Crippen molar-refractivity contribution >= 4 is 5.97 Å². The topological polar surface area (TPSA) is 65.0 Å². The lowest BCUT2D eigenvalue weighted by molar-refractivity contribution is -0.198. The second-order valence-corrected chi connectivity index (χ2v) is 6.69. The number of aliphatic hydroxyl groups is 1. The van der Waals surface area contributed by atoms with E-state index in [-0.39, 0.29) is 13.2 Å². The van der Waals surface area contributed by atoms with Gasteiger partial charge in [0.05, 0.1) is 6.61 Å². The van der Waals surface area contributed by atoms with Crippen molar-refractivity contribution < 1.29 is 24.1 Å². The smallest absolute Gasteiger partial charge is 0.338 e. The Bertz CT molecular complexity index is 718. The van der Waals surface area contributed by atoms with Crippen molar-refractivity contribution in [1.29, 1.82) is 0 Å². The van der Waals surface area contributed by atoms with E-state index in [1.807, 2.05) is 60.7 Å². The van der Waals surface area contributed by atoms with E-state index in [2.05, 4.69) is 6.92 Å². The lowest BCUT2D eigenvalue weighted by atomic mass is 10.00. The summed E-state index contributed by atoms with van der Waals surface area (Å²) in [6.45, 7) is 1.93. The number of carbonyl (C=O) groups excluding carboxylic acids is 1. The van der Waals surface area contributed by atoms with E-state index in [1.54, 1.807) is 0 Å². The molecule has 3 unspecified atom stereocenters. The summed E-state index contributed by atoms with van der Waals surface area (Å²) in [6, 6.07) is 19.0. The minimum Gasteiger partial charge on any atom is -0.459 e. The largest absolute Gasteiger partial charge is 0.459 e. The van der Waals surface area contributed by atoms with Gasteiger partial charge in [-0.25, -0.2) is 4.79 Å². The van der Waals surface area contributed by atoms with E-state index in [0.717, 1.165) is 24.0 Å². The first-order valence-corrected chi connectivity index (χ1v) is 9.41. The normalized spacial score (nSPS) is 24.7. The molecule has 1 heterocycles. The van der Waals surface area contributed by atoms with E-state index in [1.165, 1.54) is 0 Å². The molecule has 0 aromatic heterocycles. The molecule has 5 nitrogen and oxygen atoms in total.